The summed E-state index contributed by atoms with van der Waals surface area (Å²) < 4.78 is 0. The van der Waals surface area contributed by atoms with Gasteiger partial charge in [0.2, 0.25) is 17.7 Å². The Morgan fingerprint density at radius 2 is 1.62 bits per heavy atom. The van der Waals surface area contributed by atoms with E-state index in [9.17, 15) is 19.2 Å². The topological polar surface area (TPSA) is 215 Å². The van der Waals surface area contributed by atoms with Crippen LogP contribution in [0.5, 0.6) is 0 Å². The van der Waals surface area contributed by atoms with Crippen LogP contribution in [0.4, 0.5) is 0 Å². The predicted octanol–water partition coefficient (Wildman–Crippen LogP) is -2.20. The second kappa shape index (κ2) is 13.6. The van der Waals surface area contributed by atoms with Gasteiger partial charge in [-0.3, -0.25) is 24.2 Å². The van der Waals surface area contributed by atoms with Crippen molar-refractivity contribution in [2.75, 3.05) is 13.1 Å². The molecule has 176 valence electrons. The molecule has 0 aliphatic carbocycles. The number of nitrogens with one attached hydrogen (secondary N) is 3. The van der Waals surface area contributed by atoms with Gasteiger partial charge in [-0.15, -0.1) is 0 Å². The molecule has 3 unspecified atom stereocenters. The van der Waals surface area contributed by atoms with Gasteiger partial charge < -0.3 is 38.3 Å². The van der Waals surface area contributed by atoms with Crippen molar-refractivity contribution in [1.82, 2.24) is 16.0 Å². The molecule has 1 aromatic rings. The second-order valence-corrected chi connectivity index (χ2v) is 7.09. The van der Waals surface area contributed by atoms with E-state index < -0.39 is 41.8 Å². The first-order valence-corrected chi connectivity index (χ1v) is 10.1. The monoisotopic (exact) mass is 449 g/mol. The molecule has 0 heterocycles. The number of carboxylic acids is 1. The summed E-state index contributed by atoms with van der Waals surface area (Å²) in [6.45, 7) is 1.21. The molecule has 0 saturated heterocycles. The van der Waals surface area contributed by atoms with E-state index in [0.717, 1.165) is 5.56 Å². The van der Waals surface area contributed by atoms with Crippen molar-refractivity contribution in [3.63, 3.8) is 0 Å². The summed E-state index contributed by atoms with van der Waals surface area (Å²) in [4.78, 5) is 52.3. The van der Waals surface area contributed by atoms with Crippen LogP contribution in [0.25, 0.3) is 0 Å². The summed E-state index contributed by atoms with van der Waals surface area (Å²) in [7, 11) is 0. The largest absolute Gasteiger partial charge is 0.480 e. The highest BCUT2D eigenvalue weighted by molar-refractivity contribution is 5.93. The van der Waals surface area contributed by atoms with Crippen LogP contribution in [0.1, 0.15) is 25.3 Å². The molecule has 0 radical (unpaired) electrons. The first kappa shape index (κ1) is 26.4. The smallest absolute Gasteiger partial charge is 0.325 e. The molecule has 0 saturated carbocycles. The van der Waals surface area contributed by atoms with Gasteiger partial charge in [0.1, 0.15) is 18.1 Å². The summed E-state index contributed by atoms with van der Waals surface area (Å²) in [5.74, 6) is -3.15. The number of carbonyl (C=O) groups is 4. The van der Waals surface area contributed by atoms with Gasteiger partial charge in [0, 0.05) is 13.0 Å². The van der Waals surface area contributed by atoms with E-state index in [1.807, 2.05) is 6.07 Å². The Balaban J connectivity index is 2.97. The fourth-order valence-corrected chi connectivity index (χ4v) is 2.73. The molecule has 3 atom stereocenters. The normalized spacial score (nSPS) is 13.2. The maximum atomic E-state index is 12.9. The Kier molecular flexibility index (Phi) is 11.2. The van der Waals surface area contributed by atoms with Crippen LogP contribution >= 0.6 is 0 Å². The van der Waals surface area contributed by atoms with Crippen molar-refractivity contribution in [1.29, 1.82) is 0 Å². The number of hydrogen-bond donors (Lipinski definition) is 7. The third kappa shape index (κ3) is 9.89. The van der Waals surface area contributed by atoms with Gasteiger partial charge in [-0.25, -0.2) is 0 Å². The molecule has 0 aliphatic rings. The summed E-state index contributed by atoms with van der Waals surface area (Å²) in [5, 5.41) is 16.5. The third-order valence-corrected chi connectivity index (χ3v) is 4.43. The lowest BCUT2D eigenvalue weighted by molar-refractivity contribution is -0.141. The minimum Gasteiger partial charge on any atom is -0.480 e. The molecule has 1 rings (SSSR count). The standard InChI is InChI=1S/C20H31N7O5/c1-12(19(31)32)25-17(29)14(8-5-9-24-20(22)23)27-18(30)15(26-16(28)11-21)10-13-6-3-2-4-7-13/h2-4,6-7,12,14-15H,5,8-11,21H2,1H3,(H,25,29)(H,26,28)(H,27,30)(H,31,32)(H4,22,23,24). The lowest BCUT2D eigenvalue weighted by Crippen LogP contribution is -2.56. The molecular formula is C20H31N7O5. The van der Waals surface area contributed by atoms with Crippen molar-refractivity contribution in [2.24, 2.45) is 22.2 Å². The van der Waals surface area contributed by atoms with Crippen molar-refractivity contribution >= 4 is 29.7 Å². The summed E-state index contributed by atoms with van der Waals surface area (Å²) in [6, 6.07) is 5.79. The van der Waals surface area contributed by atoms with E-state index in [1.54, 1.807) is 24.3 Å². The Hall–Kier alpha value is -3.67. The minimum absolute atomic E-state index is 0.109. The molecule has 32 heavy (non-hydrogen) atoms. The zero-order chi connectivity index (χ0) is 24.1. The Morgan fingerprint density at radius 3 is 2.19 bits per heavy atom. The van der Waals surface area contributed by atoms with Crippen LogP contribution < -0.4 is 33.2 Å². The average molecular weight is 450 g/mol. The average Bonchev–Trinajstić information content (AvgIpc) is 2.75. The van der Waals surface area contributed by atoms with Gasteiger partial charge in [0.05, 0.1) is 6.54 Å². The molecular weight excluding hydrogens is 418 g/mol. The van der Waals surface area contributed by atoms with Gasteiger partial charge >= 0.3 is 5.97 Å². The lowest BCUT2D eigenvalue weighted by Gasteiger charge is -2.24. The Bertz CT molecular complexity index is 812. The fraction of sp³-hybridized carbons (Fsp3) is 0.450. The van der Waals surface area contributed by atoms with Crippen molar-refractivity contribution < 1.29 is 24.3 Å². The van der Waals surface area contributed by atoms with Gasteiger partial charge in [0.25, 0.3) is 0 Å². The molecule has 3 amide bonds. The maximum absolute atomic E-state index is 12.9. The number of amides is 3. The van der Waals surface area contributed by atoms with E-state index in [2.05, 4.69) is 20.9 Å². The van der Waals surface area contributed by atoms with E-state index in [0.29, 0.717) is 6.42 Å². The van der Waals surface area contributed by atoms with Crippen molar-refractivity contribution in [3.8, 4) is 0 Å². The number of rotatable bonds is 13. The molecule has 0 aromatic heterocycles. The molecule has 12 heteroatoms. The number of hydrogen-bond acceptors (Lipinski definition) is 6. The summed E-state index contributed by atoms with van der Waals surface area (Å²) in [6.07, 6.45) is 0.659. The number of guanidine groups is 1. The summed E-state index contributed by atoms with van der Waals surface area (Å²) >= 11 is 0. The molecule has 1 aromatic carbocycles. The molecule has 10 N–H and O–H groups in total. The van der Waals surface area contributed by atoms with Gasteiger partial charge in [-0.2, -0.15) is 0 Å². The summed E-state index contributed by atoms with van der Waals surface area (Å²) in [5.41, 5.74) is 16.7. The third-order valence-electron chi connectivity index (χ3n) is 4.43. The number of aliphatic carboxylic acids is 1. The van der Waals surface area contributed by atoms with Gasteiger partial charge in [-0.1, -0.05) is 30.3 Å². The highest BCUT2D eigenvalue weighted by atomic mass is 16.4. The van der Waals surface area contributed by atoms with Crippen LogP contribution in [0, 0.1) is 0 Å². The zero-order valence-corrected chi connectivity index (χ0v) is 17.9. The highest BCUT2D eigenvalue weighted by Crippen LogP contribution is 2.06. The van der Waals surface area contributed by atoms with Crippen molar-refractivity contribution in [2.45, 2.75) is 44.3 Å². The first-order valence-electron chi connectivity index (χ1n) is 10.1. The minimum atomic E-state index is -1.22. The van der Waals surface area contributed by atoms with Crippen LogP contribution in [0.2, 0.25) is 0 Å². The molecule has 0 bridgehead atoms. The maximum Gasteiger partial charge on any atom is 0.325 e. The first-order chi connectivity index (χ1) is 15.1. The number of carboxylic acid groups (broad SMARTS) is 1. The molecule has 0 aliphatic heterocycles. The SMILES string of the molecule is CC(NC(=O)C(CCCN=C(N)N)NC(=O)C(Cc1ccccc1)NC(=O)CN)C(=O)O. The number of nitrogens with zero attached hydrogens (tertiary/aromatic N) is 1. The molecule has 0 spiro atoms. The quantitative estimate of drug-likeness (QED) is 0.0993. The highest BCUT2D eigenvalue weighted by Gasteiger charge is 2.28. The van der Waals surface area contributed by atoms with E-state index in [-0.39, 0.29) is 31.9 Å². The van der Waals surface area contributed by atoms with E-state index >= 15 is 0 Å². The fourth-order valence-electron chi connectivity index (χ4n) is 2.73. The second-order valence-electron chi connectivity index (χ2n) is 7.09. The van der Waals surface area contributed by atoms with E-state index in [4.69, 9.17) is 22.3 Å². The van der Waals surface area contributed by atoms with Crippen LogP contribution in [-0.4, -0.2) is 66.0 Å². The van der Waals surface area contributed by atoms with Crippen LogP contribution in [0.3, 0.4) is 0 Å². The molecule has 12 nitrogen and oxygen atoms in total. The number of aliphatic imine (C=N–C) groups is 1. The van der Waals surface area contributed by atoms with E-state index in [1.165, 1.54) is 6.92 Å². The number of benzene rings is 1. The van der Waals surface area contributed by atoms with Crippen LogP contribution in [-0.2, 0) is 25.6 Å². The van der Waals surface area contributed by atoms with Gasteiger partial charge in [0.15, 0.2) is 5.96 Å². The van der Waals surface area contributed by atoms with Gasteiger partial charge in [-0.05, 0) is 25.3 Å². The van der Waals surface area contributed by atoms with Crippen LogP contribution in [0.15, 0.2) is 35.3 Å². The Labute approximate surface area is 186 Å². The number of nitrogens with two attached hydrogens (primary N) is 3. The Morgan fingerprint density at radius 1 is 1.00 bits per heavy atom. The van der Waals surface area contributed by atoms with Crippen molar-refractivity contribution in [3.05, 3.63) is 35.9 Å². The molecule has 0 fully saturated rings. The predicted molar refractivity (Wildman–Crippen MR) is 118 cm³/mol. The lowest BCUT2D eigenvalue weighted by atomic mass is 10.0. The number of carbonyl (C=O) groups excluding carboxylic acids is 3. The zero-order valence-electron chi connectivity index (χ0n) is 17.9.